The highest BCUT2D eigenvalue weighted by atomic mass is 16.5. The number of rotatable bonds is 6. The summed E-state index contributed by atoms with van der Waals surface area (Å²) in [5, 5.41) is 9.47. The van der Waals surface area contributed by atoms with Gasteiger partial charge in [-0.15, -0.1) is 0 Å². The van der Waals surface area contributed by atoms with E-state index in [9.17, 15) is 9.90 Å². The van der Waals surface area contributed by atoms with Gasteiger partial charge in [0.1, 0.15) is 0 Å². The Kier molecular flexibility index (Phi) is 5.81. The zero-order chi connectivity index (χ0) is 15.3. The largest absolute Gasteiger partial charge is 0.484 e. The van der Waals surface area contributed by atoms with E-state index < -0.39 is 5.97 Å². The van der Waals surface area contributed by atoms with Crippen LogP contribution in [0.25, 0.3) is 5.57 Å². The summed E-state index contributed by atoms with van der Waals surface area (Å²) in [4.78, 5) is 11.6. The molecule has 0 aliphatic heterocycles. The summed E-state index contributed by atoms with van der Waals surface area (Å²) >= 11 is 0. The van der Waals surface area contributed by atoms with Gasteiger partial charge in [0, 0.05) is 5.57 Å². The molecule has 1 unspecified atom stereocenters. The fourth-order valence-electron chi connectivity index (χ4n) is 2.04. The van der Waals surface area contributed by atoms with Gasteiger partial charge in [-0.1, -0.05) is 43.7 Å². The third kappa shape index (κ3) is 4.12. The number of carboxylic acids is 1. The van der Waals surface area contributed by atoms with Gasteiger partial charge < -0.3 is 9.84 Å². The Morgan fingerprint density at radius 2 is 1.75 bits per heavy atom. The van der Waals surface area contributed by atoms with Crippen LogP contribution in [0.15, 0.2) is 30.0 Å². The van der Waals surface area contributed by atoms with Crippen molar-refractivity contribution in [2.24, 2.45) is 5.92 Å². The van der Waals surface area contributed by atoms with Crippen LogP contribution in [0.2, 0.25) is 0 Å². The summed E-state index contributed by atoms with van der Waals surface area (Å²) in [6.07, 6.45) is 0.701. The van der Waals surface area contributed by atoms with Crippen molar-refractivity contribution in [3.63, 3.8) is 0 Å². The summed E-state index contributed by atoms with van der Waals surface area (Å²) < 4.78 is 5.56. The molecule has 0 amide bonds. The minimum absolute atomic E-state index is 0.0678. The van der Waals surface area contributed by atoms with Gasteiger partial charge in [-0.2, -0.15) is 0 Å². The lowest BCUT2D eigenvalue weighted by molar-refractivity contribution is -0.137. The molecule has 0 aliphatic carbocycles. The third-order valence-corrected chi connectivity index (χ3v) is 3.26. The van der Waals surface area contributed by atoms with E-state index in [-0.39, 0.29) is 17.8 Å². The first-order chi connectivity index (χ1) is 9.36. The number of hydrogen-bond acceptors (Lipinski definition) is 2. The molecule has 20 heavy (non-hydrogen) atoms. The van der Waals surface area contributed by atoms with Crippen LogP contribution in [0.1, 0.15) is 45.2 Å². The normalized spacial score (nSPS) is 13.9. The van der Waals surface area contributed by atoms with E-state index in [0.29, 0.717) is 0 Å². The van der Waals surface area contributed by atoms with Crippen molar-refractivity contribution in [3.05, 3.63) is 41.2 Å². The number of aliphatic carboxylic acids is 1. The summed E-state index contributed by atoms with van der Waals surface area (Å²) in [6, 6.07) is 7.91. The number of carboxylic acid groups (broad SMARTS) is 1. The van der Waals surface area contributed by atoms with E-state index in [2.05, 4.69) is 0 Å². The van der Waals surface area contributed by atoms with E-state index in [1.165, 1.54) is 0 Å². The van der Waals surface area contributed by atoms with Crippen LogP contribution in [-0.4, -0.2) is 17.2 Å². The average molecular weight is 276 g/mol. The van der Waals surface area contributed by atoms with Crippen LogP contribution in [0.3, 0.4) is 0 Å². The first-order valence-corrected chi connectivity index (χ1v) is 7.08. The molecule has 0 aliphatic rings. The molecule has 0 bridgehead atoms. The minimum Gasteiger partial charge on any atom is -0.484 e. The van der Waals surface area contributed by atoms with Crippen molar-refractivity contribution >= 4 is 11.5 Å². The topological polar surface area (TPSA) is 46.5 Å². The molecule has 0 heterocycles. The fraction of sp³-hybridized carbons (Fsp3) is 0.471. The predicted octanol–water partition coefficient (Wildman–Crippen LogP) is 4.26. The second-order valence-electron chi connectivity index (χ2n) is 5.39. The second-order valence-corrected chi connectivity index (χ2v) is 5.39. The molecule has 1 rings (SSSR count). The van der Waals surface area contributed by atoms with Crippen molar-refractivity contribution in [2.45, 2.75) is 47.1 Å². The predicted molar refractivity (Wildman–Crippen MR) is 81.4 cm³/mol. The monoisotopic (exact) mass is 276 g/mol. The van der Waals surface area contributed by atoms with Gasteiger partial charge >= 0.3 is 5.97 Å². The third-order valence-electron chi connectivity index (χ3n) is 3.26. The Morgan fingerprint density at radius 1 is 1.20 bits per heavy atom. The van der Waals surface area contributed by atoms with Crippen LogP contribution < -0.4 is 0 Å². The smallest absolute Gasteiger partial charge is 0.371 e. The number of allylic oxidation sites excluding steroid dienone is 1. The SMILES string of the molecule is CCC(C)/C(=C(/OC(C)C)C(=O)O)c1ccc(C)cc1. The van der Waals surface area contributed by atoms with E-state index in [1.807, 2.05) is 58.9 Å². The van der Waals surface area contributed by atoms with Crippen molar-refractivity contribution in [3.8, 4) is 0 Å². The Bertz CT molecular complexity index is 483. The van der Waals surface area contributed by atoms with Crippen LogP contribution in [0.4, 0.5) is 0 Å². The summed E-state index contributed by atoms with van der Waals surface area (Å²) in [5.74, 6) is -0.810. The standard InChI is InChI=1S/C17H24O3/c1-6-13(5)15(14-9-7-12(4)8-10-14)16(17(18)19)20-11(2)3/h7-11,13H,6H2,1-5H3,(H,18,19)/b16-15-. The highest BCUT2D eigenvalue weighted by Gasteiger charge is 2.22. The highest BCUT2D eigenvalue weighted by Crippen LogP contribution is 2.30. The number of aryl methyl sites for hydroxylation is 1. The average Bonchev–Trinajstić information content (AvgIpc) is 2.39. The maximum atomic E-state index is 11.6. The Labute approximate surface area is 121 Å². The number of benzene rings is 1. The molecule has 1 aromatic carbocycles. The van der Waals surface area contributed by atoms with Gasteiger partial charge in [0.2, 0.25) is 5.76 Å². The Balaban J connectivity index is 3.41. The first kappa shape index (κ1) is 16.3. The van der Waals surface area contributed by atoms with E-state index in [0.717, 1.165) is 23.1 Å². The second kappa shape index (κ2) is 7.13. The van der Waals surface area contributed by atoms with Gasteiger partial charge in [0.15, 0.2) is 0 Å². The van der Waals surface area contributed by atoms with E-state index in [1.54, 1.807) is 0 Å². The first-order valence-electron chi connectivity index (χ1n) is 7.08. The molecule has 1 aromatic rings. The molecule has 0 aromatic heterocycles. The van der Waals surface area contributed by atoms with E-state index >= 15 is 0 Å². The van der Waals surface area contributed by atoms with Gasteiger partial charge in [0.05, 0.1) is 6.10 Å². The Morgan fingerprint density at radius 3 is 2.15 bits per heavy atom. The molecule has 0 spiro atoms. The quantitative estimate of drug-likeness (QED) is 0.623. The number of carbonyl (C=O) groups is 1. The highest BCUT2D eigenvalue weighted by molar-refractivity contribution is 5.94. The number of ether oxygens (including phenoxy) is 1. The lowest BCUT2D eigenvalue weighted by Crippen LogP contribution is -2.15. The van der Waals surface area contributed by atoms with Crippen LogP contribution in [0, 0.1) is 12.8 Å². The molecule has 3 nitrogen and oxygen atoms in total. The summed E-state index contributed by atoms with van der Waals surface area (Å²) in [6.45, 7) is 9.77. The molecule has 1 N–H and O–H groups in total. The lowest BCUT2D eigenvalue weighted by Gasteiger charge is -2.20. The van der Waals surface area contributed by atoms with Crippen molar-refractivity contribution in [1.29, 1.82) is 0 Å². The zero-order valence-corrected chi connectivity index (χ0v) is 12.9. The zero-order valence-electron chi connectivity index (χ0n) is 12.9. The molecule has 110 valence electrons. The molecule has 0 radical (unpaired) electrons. The van der Waals surface area contributed by atoms with Crippen molar-refractivity contribution in [2.75, 3.05) is 0 Å². The van der Waals surface area contributed by atoms with Gasteiger partial charge in [-0.25, -0.2) is 4.79 Å². The molecular formula is C17H24O3. The molecule has 1 atom stereocenters. The molecule has 0 fully saturated rings. The van der Waals surface area contributed by atoms with Crippen LogP contribution in [0.5, 0.6) is 0 Å². The van der Waals surface area contributed by atoms with Gasteiger partial charge in [-0.3, -0.25) is 0 Å². The molecule has 0 saturated carbocycles. The molecule has 0 saturated heterocycles. The van der Waals surface area contributed by atoms with Crippen LogP contribution in [-0.2, 0) is 9.53 Å². The van der Waals surface area contributed by atoms with Gasteiger partial charge in [-0.05, 0) is 38.7 Å². The molecular weight excluding hydrogens is 252 g/mol. The lowest BCUT2D eigenvalue weighted by atomic mass is 9.90. The maximum Gasteiger partial charge on any atom is 0.371 e. The van der Waals surface area contributed by atoms with Crippen molar-refractivity contribution < 1.29 is 14.6 Å². The van der Waals surface area contributed by atoms with Gasteiger partial charge in [0.25, 0.3) is 0 Å². The van der Waals surface area contributed by atoms with E-state index in [4.69, 9.17) is 4.74 Å². The minimum atomic E-state index is -1.01. The number of hydrogen-bond donors (Lipinski definition) is 1. The fourth-order valence-corrected chi connectivity index (χ4v) is 2.04. The molecule has 3 heteroatoms. The Hall–Kier alpha value is -1.77. The maximum absolute atomic E-state index is 11.6. The summed E-state index contributed by atoms with van der Waals surface area (Å²) in [7, 11) is 0. The van der Waals surface area contributed by atoms with Crippen molar-refractivity contribution in [1.82, 2.24) is 0 Å². The van der Waals surface area contributed by atoms with Crippen LogP contribution >= 0.6 is 0 Å². The summed E-state index contributed by atoms with van der Waals surface area (Å²) in [5.41, 5.74) is 2.84.